The van der Waals surface area contributed by atoms with Crippen molar-refractivity contribution < 1.29 is 9.47 Å². The molecule has 156 valence electrons. The fraction of sp³-hybridized carbons (Fsp3) is 0.174. The van der Waals surface area contributed by atoms with E-state index in [4.69, 9.17) is 32.7 Å². The lowest BCUT2D eigenvalue weighted by molar-refractivity contribution is 0.269. The summed E-state index contributed by atoms with van der Waals surface area (Å²) in [5.41, 5.74) is 5.98. The lowest BCUT2D eigenvalue weighted by Gasteiger charge is -2.14. The van der Waals surface area contributed by atoms with Crippen LogP contribution in [0.3, 0.4) is 0 Å². The van der Waals surface area contributed by atoms with Crippen LogP contribution in [-0.4, -0.2) is 12.8 Å². The van der Waals surface area contributed by atoms with Crippen molar-refractivity contribution >= 4 is 52.0 Å². The minimum atomic E-state index is 0.410. The van der Waals surface area contributed by atoms with E-state index in [2.05, 4.69) is 33.1 Å². The van der Waals surface area contributed by atoms with E-state index in [1.807, 2.05) is 61.5 Å². The Morgan fingerprint density at radius 1 is 0.967 bits per heavy atom. The van der Waals surface area contributed by atoms with Crippen molar-refractivity contribution in [1.82, 2.24) is 5.43 Å². The van der Waals surface area contributed by atoms with E-state index >= 15 is 0 Å². The van der Waals surface area contributed by atoms with E-state index < -0.39 is 0 Å². The molecule has 3 aromatic rings. The van der Waals surface area contributed by atoms with Crippen LogP contribution in [0, 0.1) is 3.57 Å². The average Bonchev–Trinajstić information content (AvgIpc) is 2.73. The molecule has 4 nitrogen and oxygen atoms in total. The SMILES string of the molecule is CCOc1cc(/C=N\NCc2ccc(Cl)cc2)cc(Cl)c1OCc1ccc(I)cc1. The topological polar surface area (TPSA) is 42.8 Å². The Bertz CT molecular complexity index is 993. The van der Waals surface area contributed by atoms with E-state index in [9.17, 15) is 0 Å². The summed E-state index contributed by atoms with van der Waals surface area (Å²) in [5.74, 6) is 1.12. The maximum atomic E-state index is 6.48. The molecule has 30 heavy (non-hydrogen) atoms. The van der Waals surface area contributed by atoms with Crippen LogP contribution in [0.1, 0.15) is 23.6 Å². The molecule has 0 spiro atoms. The molecule has 3 rings (SSSR count). The number of nitrogens with one attached hydrogen (secondary N) is 1. The van der Waals surface area contributed by atoms with E-state index in [0.29, 0.717) is 41.3 Å². The number of hydrazone groups is 1. The van der Waals surface area contributed by atoms with E-state index in [1.54, 1.807) is 12.3 Å². The molecule has 0 fully saturated rings. The summed E-state index contributed by atoms with van der Waals surface area (Å²) in [6.07, 6.45) is 1.70. The number of hydrogen-bond acceptors (Lipinski definition) is 4. The van der Waals surface area contributed by atoms with Crippen LogP contribution in [0.15, 0.2) is 65.8 Å². The molecule has 0 aliphatic rings. The molecular weight excluding hydrogens is 534 g/mol. The van der Waals surface area contributed by atoms with Gasteiger partial charge in [0.1, 0.15) is 6.61 Å². The second-order valence-electron chi connectivity index (χ2n) is 6.40. The van der Waals surface area contributed by atoms with E-state index in [-0.39, 0.29) is 0 Å². The van der Waals surface area contributed by atoms with Gasteiger partial charge in [0.2, 0.25) is 0 Å². The van der Waals surface area contributed by atoms with Gasteiger partial charge in [-0.2, -0.15) is 5.10 Å². The van der Waals surface area contributed by atoms with Crippen LogP contribution in [-0.2, 0) is 13.2 Å². The van der Waals surface area contributed by atoms with Crippen molar-refractivity contribution in [2.45, 2.75) is 20.1 Å². The summed E-state index contributed by atoms with van der Waals surface area (Å²) in [6.45, 7) is 3.43. The van der Waals surface area contributed by atoms with Crippen molar-refractivity contribution in [3.05, 3.63) is 91.0 Å². The first-order valence-corrected chi connectivity index (χ1v) is 11.2. The minimum Gasteiger partial charge on any atom is -0.490 e. The van der Waals surface area contributed by atoms with Crippen molar-refractivity contribution in [3.63, 3.8) is 0 Å². The largest absolute Gasteiger partial charge is 0.490 e. The Balaban J connectivity index is 1.66. The van der Waals surface area contributed by atoms with Gasteiger partial charge in [-0.15, -0.1) is 0 Å². The van der Waals surface area contributed by atoms with Crippen molar-refractivity contribution in [3.8, 4) is 11.5 Å². The molecule has 0 heterocycles. The normalized spacial score (nSPS) is 10.9. The predicted molar refractivity (Wildman–Crippen MR) is 132 cm³/mol. The average molecular weight is 555 g/mol. The molecule has 1 N–H and O–H groups in total. The van der Waals surface area contributed by atoms with Gasteiger partial charge in [-0.3, -0.25) is 0 Å². The third-order valence-corrected chi connectivity index (χ3v) is 5.38. The van der Waals surface area contributed by atoms with Crippen LogP contribution in [0.4, 0.5) is 0 Å². The lowest BCUT2D eigenvalue weighted by atomic mass is 10.2. The summed E-state index contributed by atoms with van der Waals surface area (Å²) < 4.78 is 12.9. The molecule has 0 aliphatic carbocycles. The highest BCUT2D eigenvalue weighted by molar-refractivity contribution is 14.1. The molecule has 0 saturated heterocycles. The van der Waals surface area contributed by atoms with Crippen LogP contribution >= 0.6 is 45.8 Å². The van der Waals surface area contributed by atoms with Crippen molar-refractivity contribution in [2.24, 2.45) is 5.10 Å². The molecule has 3 aromatic carbocycles. The Labute approximate surface area is 200 Å². The first-order chi connectivity index (χ1) is 14.5. The summed E-state index contributed by atoms with van der Waals surface area (Å²) in [6, 6.07) is 19.4. The van der Waals surface area contributed by atoms with Gasteiger partial charge in [-0.05, 0) is 82.6 Å². The maximum Gasteiger partial charge on any atom is 0.180 e. The fourth-order valence-electron chi connectivity index (χ4n) is 2.66. The first kappa shape index (κ1) is 22.7. The maximum absolute atomic E-state index is 6.48. The molecule has 0 amide bonds. The number of hydrogen-bond donors (Lipinski definition) is 1. The highest BCUT2D eigenvalue weighted by Gasteiger charge is 2.12. The Morgan fingerprint density at radius 3 is 2.37 bits per heavy atom. The molecule has 0 aliphatic heterocycles. The molecule has 0 saturated carbocycles. The molecule has 0 unspecified atom stereocenters. The minimum absolute atomic E-state index is 0.410. The zero-order valence-corrected chi connectivity index (χ0v) is 20.0. The lowest BCUT2D eigenvalue weighted by Crippen LogP contribution is -2.06. The quantitative estimate of drug-likeness (QED) is 0.182. The molecular formula is C23H21Cl2IN2O2. The van der Waals surface area contributed by atoms with E-state index in [0.717, 1.165) is 16.7 Å². The molecule has 0 bridgehead atoms. The van der Waals surface area contributed by atoms with Gasteiger partial charge in [-0.1, -0.05) is 47.5 Å². The third kappa shape index (κ3) is 6.79. The highest BCUT2D eigenvalue weighted by Crippen LogP contribution is 2.37. The number of halogens is 3. The summed E-state index contributed by atoms with van der Waals surface area (Å²) in [7, 11) is 0. The zero-order valence-electron chi connectivity index (χ0n) is 16.4. The van der Waals surface area contributed by atoms with Gasteiger partial charge < -0.3 is 14.9 Å². The van der Waals surface area contributed by atoms with Crippen LogP contribution in [0.5, 0.6) is 11.5 Å². The van der Waals surface area contributed by atoms with Gasteiger partial charge in [-0.25, -0.2) is 0 Å². The standard InChI is InChI=1S/C23H21Cl2IN2O2/c1-2-29-22-12-18(14-28-27-13-16-3-7-19(24)8-4-16)11-21(25)23(22)30-15-17-5-9-20(26)10-6-17/h3-12,14,27H,2,13,15H2,1H3/b28-14-. The molecule has 7 heteroatoms. The third-order valence-electron chi connectivity index (χ3n) is 4.13. The predicted octanol–water partition coefficient (Wildman–Crippen LogP) is 6.70. The fourth-order valence-corrected chi connectivity index (χ4v) is 3.42. The summed E-state index contributed by atoms with van der Waals surface area (Å²) in [5, 5.41) is 5.46. The van der Waals surface area contributed by atoms with Crippen LogP contribution in [0.2, 0.25) is 10.0 Å². The number of ether oxygens (including phenoxy) is 2. The van der Waals surface area contributed by atoms with Gasteiger partial charge in [0, 0.05) is 8.59 Å². The second kappa shape index (κ2) is 11.4. The summed E-state index contributed by atoms with van der Waals surface area (Å²) >= 11 is 14.7. The highest BCUT2D eigenvalue weighted by atomic mass is 127. The smallest absolute Gasteiger partial charge is 0.180 e. The molecule has 0 atom stereocenters. The Hall–Kier alpha value is -1.96. The van der Waals surface area contributed by atoms with E-state index in [1.165, 1.54) is 3.57 Å². The van der Waals surface area contributed by atoms with Crippen molar-refractivity contribution in [1.29, 1.82) is 0 Å². The molecule has 0 aromatic heterocycles. The summed E-state index contributed by atoms with van der Waals surface area (Å²) in [4.78, 5) is 0. The monoisotopic (exact) mass is 554 g/mol. The van der Waals surface area contributed by atoms with Crippen molar-refractivity contribution in [2.75, 3.05) is 6.61 Å². The number of rotatable bonds is 9. The molecule has 0 radical (unpaired) electrons. The van der Waals surface area contributed by atoms with Gasteiger partial charge in [0.05, 0.1) is 24.4 Å². The van der Waals surface area contributed by atoms with Crippen LogP contribution in [0.25, 0.3) is 0 Å². The Kier molecular flexibility index (Phi) is 8.66. The van der Waals surface area contributed by atoms with Gasteiger partial charge in [0.15, 0.2) is 11.5 Å². The Morgan fingerprint density at radius 2 is 1.67 bits per heavy atom. The van der Waals surface area contributed by atoms with Gasteiger partial charge in [0.25, 0.3) is 0 Å². The number of nitrogens with zero attached hydrogens (tertiary/aromatic N) is 1. The van der Waals surface area contributed by atoms with Crippen LogP contribution < -0.4 is 14.9 Å². The van der Waals surface area contributed by atoms with Gasteiger partial charge >= 0.3 is 0 Å². The second-order valence-corrected chi connectivity index (χ2v) is 8.49. The zero-order chi connectivity index (χ0) is 21.3. The first-order valence-electron chi connectivity index (χ1n) is 9.39. The number of benzene rings is 3.